The fraction of sp³-hybridized carbons (Fsp3) is 0.500. The lowest BCUT2D eigenvalue weighted by molar-refractivity contribution is 0.528. The van der Waals surface area contributed by atoms with Crippen molar-refractivity contribution in [1.29, 1.82) is 0 Å². The van der Waals surface area contributed by atoms with Crippen molar-refractivity contribution >= 4 is 0 Å². The topological polar surface area (TPSA) is 42.7 Å². The monoisotopic (exact) mass is 272 g/mol. The predicted molar refractivity (Wildman–Crippen MR) is 81.5 cm³/mol. The Kier molecular flexibility index (Phi) is 5.74. The van der Waals surface area contributed by atoms with E-state index in [9.17, 15) is 0 Å². The number of benzene rings is 1. The summed E-state index contributed by atoms with van der Waals surface area (Å²) < 4.78 is 1.98. The lowest BCUT2D eigenvalue weighted by atomic mass is 9.98. The van der Waals surface area contributed by atoms with Crippen LogP contribution in [0.2, 0.25) is 0 Å². The summed E-state index contributed by atoms with van der Waals surface area (Å²) in [6, 6.07) is 10.7. The van der Waals surface area contributed by atoms with Crippen LogP contribution in [0.1, 0.15) is 44.0 Å². The molecule has 2 rings (SSSR count). The fourth-order valence-electron chi connectivity index (χ4n) is 2.29. The summed E-state index contributed by atoms with van der Waals surface area (Å²) in [6.45, 7) is 7.16. The fourth-order valence-corrected chi connectivity index (χ4v) is 2.29. The third kappa shape index (κ3) is 4.17. The maximum Gasteiger partial charge on any atom is 0.140 e. The lowest BCUT2D eigenvalue weighted by Crippen LogP contribution is -2.20. The Morgan fingerprint density at radius 1 is 1.25 bits per heavy atom. The molecule has 0 bridgehead atoms. The normalized spacial score (nSPS) is 12.5. The van der Waals surface area contributed by atoms with Gasteiger partial charge >= 0.3 is 0 Å². The van der Waals surface area contributed by atoms with Crippen molar-refractivity contribution in [3.63, 3.8) is 0 Å². The van der Waals surface area contributed by atoms with Crippen LogP contribution >= 0.6 is 0 Å². The first-order valence-corrected chi connectivity index (χ1v) is 7.43. The summed E-state index contributed by atoms with van der Waals surface area (Å²) in [5.74, 6) is 1.61. The highest BCUT2D eigenvalue weighted by Crippen LogP contribution is 2.17. The number of rotatable bonds is 8. The van der Waals surface area contributed by atoms with E-state index in [-0.39, 0.29) is 0 Å². The van der Waals surface area contributed by atoms with E-state index in [0.717, 1.165) is 38.3 Å². The van der Waals surface area contributed by atoms with Gasteiger partial charge in [-0.25, -0.2) is 9.67 Å². The summed E-state index contributed by atoms with van der Waals surface area (Å²) in [4.78, 5) is 4.30. The minimum Gasteiger partial charge on any atom is -0.310 e. The number of nitrogens with zero attached hydrogens (tertiary/aromatic N) is 3. The number of hydrogen-bond acceptors (Lipinski definition) is 3. The first-order chi connectivity index (χ1) is 9.81. The van der Waals surface area contributed by atoms with Gasteiger partial charge in [0.15, 0.2) is 0 Å². The molecule has 4 heteroatoms. The van der Waals surface area contributed by atoms with E-state index >= 15 is 0 Å². The molecule has 0 amide bonds. The van der Waals surface area contributed by atoms with E-state index in [1.807, 2.05) is 4.68 Å². The largest absolute Gasteiger partial charge is 0.310 e. The van der Waals surface area contributed by atoms with Crippen LogP contribution in [-0.2, 0) is 13.1 Å². The smallest absolute Gasteiger partial charge is 0.140 e. The second-order valence-electron chi connectivity index (χ2n) is 5.18. The third-order valence-electron chi connectivity index (χ3n) is 3.54. The molecule has 1 unspecified atom stereocenters. The van der Waals surface area contributed by atoms with E-state index in [1.165, 1.54) is 5.56 Å². The van der Waals surface area contributed by atoms with Crippen LogP contribution in [0.5, 0.6) is 0 Å². The van der Waals surface area contributed by atoms with Gasteiger partial charge in [0.2, 0.25) is 0 Å². The molecule has 0 fully saturated rings. The molecule has 1 heterocycles. The molecule has 4 nitrogen and oxygen atoms in total. The van der Waals surface area contributed by atoms with Gasteiger partial charge in [-0.1, -0.05) is 44.2 Å². The summed E-state index contributed by atoms with van der Waals surface area (Å²) in [5.41, 5.74) is 1.41. The van der Waals surface area contributed by atoms with Crippen LogP contribution in [0, 0.1) is 0 Å². The summed E-state index contributed by atoms with van der Waals surface area (Å²) in [7, 11) is 0. The highest BCUT2D eigenvalue weighted by molar-refractivity contribution is 5.18. The van der Waals surface area contributed by atoms with E-state index in [1.54, 1.807) is 6.33 Å². The van der Waals surface area contributed by atoms with Crippen molar-refractivity contribution in [2.75, 3.05) is 6.54 Å². The van der Waals surface area contributed by atoms with Gasteiger partial charge in [-0.2, -0.15) is 5.10 Å². The number of nitrogens with one attached hydrogen (secondary N) is 1. The summed E-state index contributed by atoms with van der Waals surface area (Å²) >= 11 is 0. The van der Waals surface area contributed by atoms with Crippen LogP contribution in [-0.4, -0.2) is 21.3 Å². The van der Waals surface area contributed by atoms with Gasteiger partial charge in [-0.05, 0) is 30.9 Å². The van der Waals surface area contributed by atoms with Crippen molar-refractivity contribution in [3.8, 4) is 0 Å². The molecule has 0 aliphatic rings. The zero-order valence-corrected chi connectivity index (χ0v) is 12.4. The van der Waals surface area contributed by atoms with E-state index in [4.69, 9.17) is 0 Å². The second kappa shape index (κ2) is 7.80. The lowest BCUT2D eigenvalue weighted by Gasteiger charge is -2.12. The van der Waals surface area contributed by atoms with Crippen molar-refractivity contribution in [1.82, 2.24) is 20.1 Å². The SMILES string of the molecule is CCCn1ncnc1CNCCC(C)c1ccccc1. The average Bonchev–Trinajstić information content (AvgIpc) is 2.92. The third-order valence-corrected chi connectivity index (χ3v) is 3.54. The van der Waals surface area contributed by atoms with Gasteiger partial charge in [0.25, 0.3) is 0 Å². The molecule has 0 saturated heterocycles. The molecular weight excluding hydrogens is 248 g/mol. The molecule has 0 aliphatic heterocycles. The second-order valence-corrected chi connectivity index (χ2v) is 5.18. The molecule has 1 aromatic heterocycles. The van der Waals surface area contributed by atoms with Crippen LogP contribution in [0.3, 0.4) is 0 Å². The molecule has 0 saturated carbocycles. The van der Waals surface area contributed by atoms with E-state index in [2.05, 4.69) is 59.6 Å². The van der Waals surface area contributed by atoms with Gasteiger partial charge in [0, 0.05) is 6.54 Å². The molecule has 1 N–H and O–H groups in total. The van der Waals surface area contributed by atoms with Crippen molar-refractivity contribution < 1.29 is 0 Å². The highest BCUT2D eigenvalue weighted by Gasteiger charge is 2.06. The Labute approximate surface area is 121 Å². The number of aryl methyl sites for hydroxylation is 1. The quantitative estimate of drug-likeness (QED) is 0.751. The Balaban J connectivity index is 1.72. The van der Waals surface area contributed by atoms with Gasteiger partial charge in [0.1, 0.15) is 12.2 Å². The zero-order chi connectivity index (χ0) is 14.2. The standard InChI is InChI=1S/C16H24N4/c1-3-11-20-16(18-13-19-20)12-17-10-9-14(2)15-7-5-4-6-8-15/h4-8,13-14,17H,3,9-12H2,1-2H3. The van der Waals surface area contributed by atoms with Gasteiger partial charge < -0.3 is 5.32 Å². The average molecular weight is 272 g/mol. The molecular formula is C16H24N4. The Hall–Kier alpha value is -1.68. The van der Waals surface area contributed by atoms with Gasteiger partial charge in [-0.3, -0.25) is 0 Å². The molecule has 0 aliphatic carbocycles. The van der Waals surface area contributed by atoms with Crippen LogP contribution in [0.15, 0.2) is 36.7 Å². The first-order valence-electron chi connectivity index (χ1n) is 7.43. The maximum absolute atomic E-state index is 4.30. The predicted octanol–water partition coefficient (Wildman–Crippen LogP) is 2.97. The molecule has 108 valence electrons. The van der Waals surface area contributed by atoms with Crippen molar-refractivity contribution in [2.45, 2.75) is 45.7 Å². The molecule has 0 radical (unpaired) electrons. The van der Waals surface area contributed by atoms with Crippen molar-refractivity contribution in [3.05, 3.63) is 48.0 Å². The number of aromatic nitrogens is 3. The first kappa shape index (κ1) is 14.7. The minimum absolute atomic E-state index is 0.581. The van der Waals surface area contributed by atoms with Crippen molar-refractivity contribution in [2.24, 2.45) is 0 Å². The van der Waals surface area contributed by atoms with Gasteiger partial charge in [-0.15, -0.1) is 0 Å². The Morgan fingerprint density at radius 3 is 2.80 bits per heavy atom. The van der Waals surface area contributed by atoms with Crippen LogP contribution in [0.4, 0.5) is 0 Å². The molecule has 1 atom stereocenters. The maximum atomic E-state index is 4.30. The Bertz CT molecular complexity index is 492. The molecule has 20 heavy (non-hydrogen) atoms. The molecule has 2 aromatic rings. The van der Waals surface area contributed by atoms with Gasteiger partial charge in [0.05, 0.1) is 6.54 Å². The number of hydrogen-bond donors (Lipinski definition) is 1. The minimum atomic E-state index is 0.581. The summed E-state index contributed by atoms with van der Waals surface area (Å²) in [5, 5.41) is 7.70. The van der Waals surface area contributed by atoms with E-state index < -0.39 is 0 Å². The highest BCUT2D eigenvalue weighted by atomic mass is 15.3. The summed E-state index contributed by atoms with van der Waals surface area (Å²) in [6.07, 6.45) is 3.85. The van der Waals surface area contributed by atoms with Crippen LogP contribution < -0.4 is 5.32 Å². The Morgan fingerprint density at radius 2 is 2.05 bits per heavy atom. The molecule has 1 aromatic carbocycles. The zero-order valence-electron chi connectivity index (χ0n) is 12.4. The molecule has 0 spiro atoms. The van der Waals surface area contributed by atoms with E-state index in [0.29, 0.717) is 5.92 Å². The van der Waals surface area contributed by atoms with Crippen LogP contribution in [0.25, 0.3) is 0 Å².